The van der Waals surface area contributed by atoms with Crippen LogP contribution in [-0.2, 0) is 0 Å². The Labute approximate surface area is 155 Å². The largest absolute Gasteiger partial charge is 0.355 e. The van der Waals surface area contributed by atoms with Crippen LogP contribution in [0.3, 0.4) is 0 Å². The summed E-state index contributed by atoms with van der Waals surface area (Å²) in [6, 6.07) is 12.2. The maximum atomic E-state index is 13.2. The molecule has 0 bridgehead atoms. The number of nitro benzene ring substituents is 1. The number of para-hydroxylation sites is 3. The standard InChI is InChI=1S/C19H17N5O3/c1-12-6-5-7-13(16(12)24(26)27)19(25)23-11-10-22(2)17-18(23)21-15-9-4-3-8-14(15)20-17/h3-9H,10-11H2,1-2H3. The summed E-state index contributed by atoms with van der Waals surface area (Å²) in [6.07, 6.45) is 0. The highest BCUT2D eigenvalue weighted by Gasteiger charge is 2.33. The van der Waals surface area contributed by atoms with Crippen molar-refractivity contribution in [1.82, 2.24) is 9.97 Å². The molecule has 1 amide bonds. The van der Waals surface area contributed by atoms with Crippen molar-refractivity contribution in [1.29, 1.82) is 0 Å². The van der Waals surface area contributed by atoms with Gasteiger partial charge in [0.1, 0.15) is 5.56 Å². The third-order valence-corrected chi connectivity index (χ3v) is 4.71. The second kappa shape index (κ2) is 6.31. The Hall–Kier alpha value is -3.55. The molecule has 1 aliphatic rings. The van der Waals surface area contributed by atoms with Gasteiger partial charge in [0.05, 0.1) is 16.0 Å². The van der Waals surface area contributed by atoms with E-state index >= 15 is 0 Å². The number of anilines is 2. The molecule has 1 aromatic heterocycles. The van der Waals surface area contributed by atoms with Crippen LogP contribution in [0, 0.1) is 17.0 Å². The van der Waals surface area contributed by atoms with Gasteiger partial charge in [-0.2, -0.15) is 0 Å². The van der Waals surface area contributed by atoms with Crippen LogP contribution in [0.2, 0.25) is 0 Å². The lowest BCUT2D eigenvalue weighted by Crippen LogP contribution is -2.44. The number of hydrogen-bond donors (Lipinski definition) is 0. The van der Waals surface area contributed by atoms with Gasteiger partial charge in [-0.25, -0.2) is 9.97 Å². The number of likely N-dealkylation sites (N-methyl/N-ethyl adjacent to an activating group) is 1. The molecule has 8 nitrogen and oxygen atoms in total. The van der Waals surface area contributed by atoms with Crippen molar-refractivity contribution in [2.24, 2.45) is 0 Å². The Balaban J connectivity index is 1.86. The van der Waals surface area contributed by atoms with Gasteiger partial charge in [-0.05, 0) is 25.1 Å². The Bertz CT molecular complexity index is 1080. The van der Waals surface area contributed by atoms with Gasteiger partial charge in [0, 0.05) is 25.7 Å². The van der Waals surface area contributed by atoms with Crippen LogP contribution in [0.25, 0.3) is 11.0 Å². The first-order chi connectivity index (χ1) is 13.0. The summed E-state index contributed by atoms with van der Waals surface area (Å²) < 4.78 is 0. The smallest absolute Gasteiger partial charge is 0.285 e. The number of nitro groups is 1. The minimum Gasteiger partial charge on any atom is -0.355 e. The number of hydrogen-bond acceptors (Lipinski definition) is 6. The number of nitrogens with zero attached hydrogens (tertiary/aromatic N) is 5. The van der Waals surface area contributed by atoms with E-state index in [2.05, 4.69) is 9.97 Å². The SMILES string of the molecule is Cc1cccc(C(=O)N2CCN(C)c3nc4ccccc4nc32)c1[N+](=O)[O-]. The van der Waals surface area contributed by atoms with Crippen LogP contribution in [0.4, 0.5) is 17.3 Å². The molecule has 2 aromatic carbocycles. The van der Waals surface area contributed by atoms with Gasteiger partial charge >= 0.3 is 0 Å². The number of amides is 1. The van der Waals surface area contributed by atoms with Gasteiger partial charge in [-0.1, -0.05) is 24.3 Å². The van der Waals surface area contributed by atoms with Crippen LogP contribution in [0.1, 0.15) is 15.9 Å². The molecule has 27 heavy (non-hydrogen) atoms. The number of carbonyl (C=O) groups is 1. The van der Waals surface area contributed by atoms with E-state index in [1.54, 1.807) is 19.1 Å². The third-order valence-electron chi connectivity index (χ3n) is 4.71. The molecule has 1 aliphatic heterocycles. The predicted octanol–water partition coefficient (Wildman–Crippen LogP) is 2.94. The highest BCUT2D eigenvalue weighted by atomic mass is 16.6. The highest BCUT2D eigenvalue weighted by Crippen LogP contribution is 2.33. The quantitative estimate of drug-likeness (QED) is 0.513. The summed E-state index contributed by atoms with van der Waals surface area (Å²) in [5.74, 6) is 0.566. The normalized spacial score (nSPS) is 13.6. The van der Waals surface area contributed by atoms with Crippen LogP contribution < -0.4 is 9.80 Å². The van der Waals surface area contributed by atoms with Crippen molar-refractivity contribution in [3.8, 4) is 0 Å². The van der Waals surface area contributed by atoms with Gasteiger partial charge < -0.3 is 4.90 Å². The lowest BCUT2D eigenvalue weighted by molar-refractivity contribution is -0.385. The monoisotopic (exact) mass is 363 g/mol. The molecule has 0 saturated heterocycles. The average Bonchev–Trinajstić information content (AvgIpc) is 2.66. The molecule has 0 unspecified atom stereocenters. The van der Waals surface area contributed by atoms with Gasteiger partial charge in [-0.15, -0.1) is 0 Å². The van der Waals surface area contributed by atoms with Gasteiger partial charge in [0.25, 0.3) is 11.6 Å². The summed E-state index contributed by atoms with van der Waals surface area (Å²) in [5.41, 5.74) is 1.74. The zero-order valence-electron chi connectivity index (χ0n) is 14.9. The lowest BCUT2D eigenvalue weighted by Gasteiger charge is -2.33. The Morgan fingerprint density at radius 3 is 2.37 bits per heavy atom. The molecule has 4 rings (SSSR count). The minimum absolute atomic E-state index is 0.0606. The first kappa shape index (κ1) is 16.9. The zero-order chi connectivity index (χ0) is 19.1. The molecule has 8 heteroatoms. The highest BCUT2D eigenvalue weighted by molar-refractivity contribution is 6.10. The lowest BCUT2D eigenvalue weighted by atomic mass is 10.1. The van der Waals surface area contributed by atoms with Crippen LogP contribution in [-0.4, -0.2) is 40.9 Å². The molecule has 0 atom stereocenters. The van der Waals surface area contributed by atoms with E-state index < -0.39 is 10.8 Å². The minimum atomic E-state index is -0.508. The van der Waals surface area contributed by atoms with Gasteiger partial charge in [0.2, 0.25) is 0 Å². The van der Waals surface area contributed by atoms with E-state index in [-0.39, 0.29) is 11.3 Å². The average molecular weight is 363 g/mol. The van der Waals surface area contributed by atoms with E-state index in [4.69, 9.17) is 0 Å². The van der Waals surface area contributed by atoms with Crippen LogP contribution in [0.15, 0.2) is 42.5 Å². The summed E-state index contributed by atoms with van der Waals surface area (Å²) in [4.78, 5) is 36.9. The number of aromatic nitrogens is 2. The van der Waals surface area contributed by atoms with E-state index in [0.29, 0.717) is 35.8 Å². The molecule has 0 radical (unpaired) electrons. The maximum absolute atomic E-state index is 13.2. The zero-order valence-corrected chi connectivity index (χ0v) is 14.9. The summed E-state index contributed by atoms with van der Waals surface area (Å²) >= 11 is 0. The summed E-state index contributed by atoms with van der Waals surface area (Å²) in [5, 5.41) is 11.5. The van der Waals surface area contributed by atoms with Crippen molar-refractivity contribution >= 4 is 34.3 Å². The summed E-state index contributed by atoms with van der Waals surface area (Å²) in [7, 11) is 1.89. The Kier molecular flexibility index (Phi) is 3.95. The summed E-state index contributed by atoms with van der Waals surface area (Å²) in [6.45, 7) is 2.56. The molecule has 3 aromatic rings. The van der Waals surface area contributed by atoms with Crippen molar-refractivity contribution < 1.29 is 9.72 Å². The molecule has 136 valence electrons. The molecular weight excluding hydrogens is 346 g/mol. The first-order valence-corrected chi connectivity index (χ1v) is 8.51. The van der Waals surface area contributed by atoms with Gasteiger partial charge in [-0.3, -0.25) is 19.8 Å². The molecule has 0 spiro atoms. The first-order valence-electron chi connectivity index (χ1n) is 8.51. The Morgan fingerprint density at radius 1 is 1.04 bits per heavy atom. The molecule has 0 aliphatic carbocycles. The molecule has 0 saturated carbocycles. The van der Waals surface area contributed by atoms with Crippen molar-refractivity contribution in [3.63, 3.8) is 0 Å². The van der Waals surface area contributed by atoms with E-state index in [9.17, 15) is 14.9 Å². The van der Waals surface area contributed by atoms with Crippen molar-refractivity contribution in [3.05, 3.63) is 63.7 Å². The number of carbonyl (C=O) groups excluding carboxylic acids is 1. The van der Waals surface area contributed by atoms with Crippen molar-refractivity contribution in [2.75, 3.05) is 29.9 Å². The topological polar surface area (TPSA) is 92.5 Å². The second-order valence-electron chi connectivity index (χ2n) is 6.47. The van der Waals surface area contributed by atoms with Crippen LogP contribution in [0.5, 0.6) is 0 Å². The number of aryl methyl sites for hydroxylation is 1. The number of rotatable bonds is 2. The van der Waals surface area contributed by atoms with Crippen LogP contribution >= 0.6 is 0 Å². The molecular formula is C19H17N5O3. The maximum Gasteiger partial charge on any atom is 0.285 e. The predicted molar refractivity (Wildman–Crippen MR) is 102 cm³/mol. The van der Waals surface area contributed by atoms with Crippen molar-refractivity contribution in [2.45, 2.75) is 6.92 Å². The number of benzene rings is 2. The second-order valence-corrected chi connectivity index (χ2v) is 6.47. The van der Waals surface area contributed by atoms with E-state index in [1.165, 1.54) is 11.0 Å². The third kappa shape index (κ3) is 2.75. The van der Waals surface area contributed by atoms with E-state index in [0.717, 1.165) is 5.52 Å². The van der Waals surface area contributed by atoms with E-state index in [1.807, 2.05) is 36.2 Å². The Morgan fingerprint density at radius 2 is 1.70 bits per heavy atom. The molecule has 0 N–H and O–H groups in total. The molecule has 2 heterocycles. The number of fused-ring (bicyclic) bond motifs is 2. The fourth-order valence-corrected chi connectivity index (χ4v) is 3.30. The fourth-order valence-electron chi connectivity index (χ4n) is 3.30. The fraction of sp³-hybridized carbons (Fsp3) is 0.211. The molecule has 0 fully saturated rings. The van der Waals surface area contributed by atoms with Gasteiger partial charge in [0.15, 0.2) is 11.6 Å².